The fourth-order valence-electron chi connectivity index (χ4n) is 1.36. The lowest BCUT2D eigenvalue weighted by Gasteiger charge is -2.01. The Morgan fingerprint density at radius 1 is 1.50 bits per heavy atom. The summed E-state index contributed by atoms with van der Waals surface area (Å²) < 4.78 is 4.56. The summed E-state index contributed by atoms with van der Waals surface area (Å²) in [5.41, 5.74) is 0.340. The van der Waals surface area contributed by atoms with Crippen molar-refractivity contribution < 1.29 is 9.53 Å². The Balaban J connectivity index is 2.71. The van der Waals surface area contributed by atoms with Crippen LogP contribution in [-0.2, 0) is 4.74 Å². The first kappa shape index (κ1) is 10.6. The predicted molar refractivity (Wildman–Crippen MR) is 58.7 cm³/mol. The zero-order valence-electron chi connectivity index (χ0n) is 8.28. The van der Waals surface area contributed by atoms with Gasteiger partial charge in [-0.2, -0.15) is 0 Å². The van der Waals surface area contributed by atoms with Crippen LogP contribution < -0.4 is 5.56 Å². The SMILES string of the molecule is COC(=O)c1ccc2c(=O)[nH]c(Cl)nc2c1. The first-order valence-corrected chi connectivity index (χ1v) is 4.77. The molecule has 0 spiro atoms. The highest BCUT2D eigenvalue weighted by Crippen LogP contribution is 2.12. The molecule has 0 amide bonds. The number of hydrogen-bond donors (Lipinski definition) is 1. The first-order valence-electron chi connectivity index (χ1n) is 4.39. The topological polar surface area (TPSA) is 72.1 Å². The minimum absolute atomic E-state index is 0.0143. The first-order chi connectivity index (χ1) is 7.61. The molecule has 2 aromatic rings. The zero-order chi connectivity index (χ0) is 11.7. The Kier molecular flexibility index (Phi) is 2.62. The molecule has 0 aliphatic heterocycles. The van der Waals surface area contributed by atoms with Crippen molar-refractivity contribution in [2.45, 2.75) is 0 Å². The summed E-state index contributed by atoms with van der Waals surface area (Å²) in [5, 5.41) is 0.358. The van der Waals surface area contributed by atoms with Crippen LogP contribution in [0.25, 0.3) is 10.9 Å². The van der Waals surface area contributed by atoms with Gasteiger partial charge < -0.3 is 4.74 Å². The third-order valence-corrected chi connectivity index (χ3v) is 2.28. The number of carbonyl (C=O) groups is 1. The van der Waals surface area contributed by atoms with Crippen molar-refractivity contribution in [3.8, 4) is 0 Å². The number of rotatable bonds is 1. The van der Waals surface area contributed by atoms with E-state index in [0.717, 1.165) is 0 Å². The van der Waals surface area contributed by atoms with Gasteiger partial charge in [0, 0.05) is 0 Å². The second-order valence-electron chi connectivity index (χ2n) is 3.08. The van der Waals surface area contributed by atoms with Gasteiger partial charge in [0.1, 0.15) is 0 Å². The maximum absolute atomic E-state index is 11.5. The smallest absolute Gasteiger partial charge is 0.337 e. The Bertz CT molecular complexity index is 621. The molecule has 0 bridgehead atoms. The van der Waals surface area contributed by atoms with E-state index in [9.17, 15) is 9.59 Å². The standard InChI is InChI=1S/C10H7ClN2O3/c1-16-9(15)5-2-3-6-7(4-5)12-10(11)13-8(6)14/h2-4H,1H3,(H,12,13,14). The molecule has 0 saturated heterocycles. The summed E-state index contributed by atoms with van der Waals surface area (Å²) in [4.78, 5) is 29.0. The van der Waals surface area contributed by atoms with Crippen LogP contribution in [0, 0.1) is 0 Å². The van der Waals surface area contributed by atoms with Crippen LogP contribution in [0.2, 0.25) is 5.28 Å². The minimum Gasteiger partial charge on any atom is -0.465 e. The summed E-state index contributed by atoms with van der Waals surface area (Å²) in [6.07, 6.45) is 0. The molecule has 1 aromatic carbocycles. The van der Waals surface area contributed by atoms with Crippen LogP contribution in [0.3, 0.4) is 0 Å². The third kappa shape index (κ3) is 1.77. The lowest BCUT2D eigenvalue weighted by Crippen LogP contribution is -2.09. The lowest BCUT2D eigenvalue weighted by atomic mass is 10.1. The Labute approximate surface area is 95.0 Å². The maximum atomic E-state index is 11.5. The van der Waals surface area contributed by atoms with Gasteiger partial charge in [0.2, 0.25) is 5.28 Å². The molecule has 6 heteroatoms. The third-order valence-electron chi connectivity index (χ3n) is 2.10. The van der Waals surface area contributed by atoms with E-state index < -0.39 is 5.97 Å². The molecule has 0 fully saturated rings. The van der Waals surface area contributed by atoms with Crippen LogP contribution in [0.4, 0.5) is 0 Å². The van der Waals surface area contributed by atoms with Crippen LogP contribution in [0.15, 0.2) is 23.0 Å². The molecule has 0 aliphatic carbocycles. The monoisotopic (exact) mass is 238 g/mol. The molecule has 0 atom stereocenters. The molecule has 82 valence electrons. The summed E-state index contributed by atoms with van der Waals surface area (Å²) in [6, 6.07) is 4.46. The van der Waals surface area contributed by atoms with Gasteiger partial charge in [0.05, 0.1) is 23.6 Å². The van der Waals surface area contributed by atoms with Crippen molar-refractivity contribution in [3.05, 3.63) is 39.4 Å². The van der Waals surface area contributed by atoms with Crippen LogP contribution >= 0.6 is 11.6 Å². The molecular formula is C10H7ClN2O3. The van der Waals surface area contributed by atoms with E-state index in [1.807, 2.05) is 0 Å². The maximum Gasteiger partial charge on any atom is 0.337 e. The molecule has 2 rings (SSSR count). The van der Waals surface area contributed by atoms with Gasteiger partial charge in [-0.25, -0.2) is 9.78 Å². The molecule has 0 unspecified atom stereocenters. The molecule has 5 nitrogen and oxygen atoms in total. The normalized spacial score (nSPS) is 10.4. The number of nitrogens with zero attached hydrogens (tertiary/aromatic N) is 1. The van der Waals surface area contributed by atoms with Crippen LogP contribution in [-0.4, -0.2) is 23.0 Å². The fourth-order valence-corrected chi connectivity index (χ4v) is 1.53. The summed E-state index contributed by atoms with van der Waals surface area (Å²) in [6.45, 7) is 0. The molecule has 16 heavy (non-hydrogen) atoms. The highest BCUT2D eigenvalue weighted by molar-refractivity contribution is 6.28. The van der Waals surface area contributed by atoms with Gasteiger partial charge >= 0.3 is 5.97 Å². The minimum atomic E-state index is -0.486. The number of aromatic nitrogens is 2. The second kappa shape index (κ2) is 3.94. The largest absolute Gasteiger partial charge is 0.465 e. The van der Waals surface area contributed by atoms with Crippen LogP contribution in [0.5, 0.6) is 0 Å². The second-order valence-corrected chi connectivity index (χ2v) is 3.44. The van der Waals surface area contributed by atoms with Crippen molar-refractivity contribution in [3.63, 3.8) is 0 Å². The number of hydrogen-bond acceptors (Lipinski definition) is 4. The van der Waals surface area contributed by atoms with E-state index in [-0.39, 0.29) is 10.8 Å². The number of nitrogens with one attached hydrogen (secondary N) is 1. The van der Waals surface area contributed by atoms with E-state index in [2.05, 4.69) is 14.7 Å². The lowest BCUT2D eigenvalue weighted by molar-refractivity contribution is 0.0601. The predicted octanol–water partition coefficient (Wildman–Crippen LogP) is 1.36. The highest BCUT2D eigenvalue weighted by Gasteiger charge is 2.08. The molecule has 0 saturated carbocycles. The average molecular weight is 239 g/mol. The Morgan fingerprint density at radius 3 is 2.94 bits per heavy atom. The van der Waals surface area contributed by atoms with E-state index in [1.165, 1.54) is 25.3 Å². The van der Waals surface area contributed by atoms with Gasteiger partial charge in [-0.15, -0.1) is 0 Å². The number of H-pyrrole nitrogens is 1. The summed E-state index contributed by atoms with van der Waals surface area (Å²) in [7, 11) is 1.28. The van der Waals surface area contributed by atoms with Crippen molar-refractivity contribution in [2.24, 2.45) is 0 Å². The molecular weight excluding hydrogens is 232 g/mol. The number of methoxy groups -OCH3 is 1. The molecule has 1 N–H and O–H groups in total. The highest BCUT2D eigenvalue weighted by atomic mass is 35.5. The van der Waals surface area contributed by atoms with Crippen molar-refractivity contribution >= 4 is 28.5 Å². The Hall–Kier alpha value is -1.88. The summed E-state index contributed by atoms with van der Waals surface area (Å²) >= 11 is 5.61. The van der Waals surface area contributed by atoms with Crippen molar-refractivity contribution in [2.75, 3.05) is 7.11 Å². The van der Waals surface area contributed by atoms with Gasteiger partial charge in [-0.1, -0.05) is 0 Å². The van der Waals surface area contributed by atoms with E-state index in [0.29, 0.717) is 16.5 Å². The molecule has 0 radical (unpaired) electrons. The van der Waals surface area contributed by atoms with E-state index >= 15 is 0 Å². The number of ether oxygens (including phenoxy) is 1. The van der Waals surface area contributed by atoms with Gasteiger partial charge in [-0.3, -0.25) is 9.78 Å². The van der Waals surface area contributed by atoms with Gasteiger partial charge in [0.25, 0.3) is 5.56 Å². The molecule has 1 aromatic heterocycles. The number of aromatic amines is 1. The van der Waals surface area contributed by atoms with Gasteiger partial charge in [-0.05, 0) is 29.8 Å². The molecule has 1 heterocycles. The van der Waals surface area contributed by atoms with E-state index in [1.54, 1.807) is 0 Å². The van der Waals surface area contributed by atoms with Crippen LogP contribution in [0.1, 0.15) is 10.4 Å². The van der Waals surface area contributed by atoms with Gasteiger partial charge in [0.15, 0.2) is 0 Å². The number of benzene rings is 1. The summed E-state index contributed by atoms with van der Waals surface area (Å²) in [5.74, 6) is -0.486. The van der Waals surface area contributed by atoms with E-state index in [4.69, 9.17) is 11.6 Å². The fraction of sp³-hybridized carbons (Fsp3) is 0.100. The average Bonchev–Trinajstić information content (AvgIpc) is 2.27. The number of carbonyl (C=O) groups excluding carboxylic acids is 1. The number of esters is 1. The number of fused-ring (bicyclic) bond motifs is 1. The molecule has 0 aliphatic rings. The quantitative estimate of drug-likeness (QED) is 0.602. The van der Waals surface area contributed by atoms with Crippen molar-refractivity contribution in [1.29, 1.82) is 0 Å². The zero-order valence-corrected chi connectivity index (χ0v) is 9.04. The van der Waals surface area contributed by atoms with Crippen molar-refractivity contribution in [1.82, 2.24) is 9.97 Å². The number of halogens is 1. The Morgan fingerprint density at radius 2 is 2.25 bits per heavy atom.